The lowest BCUT2D eigenvalue weighted by Gasteiger charge is -2.30. The molecule has 2 aliphatic heterocycles. The Bertz CT molecular complexity index is 1190. The molecule has 20 nitrogen and oxygen atoms in total. The van der Waals surface area contributed by atoms with Gasteiger partial charge in [0.15, 0.2) is 5.96 Å². The number of nitrogens with two attached hydrogens (primary N) is 3. The second-order valence-electron chi connectivity index (χ2n) is 10.6. The van der Waals surface area contributed by atoms with Gasteiger partial charge in [-0.25, -0.2) is 4.79 Å². The number of aliphatic carboxylic acids is 1. The predicted octanol–water partition coefficient (Wildman–Crippen LogP) is -5.99. The van der Waals surface area contributed by atoms with Crippen LogP contribution in [-0.4, -0.2) is 139 Å². The molecule has 0 radical (unpaired) electrons. The summed E-state index contributed by atoms with van der Waals surface area (Å²) in [6.45, 7) is -1.45. The van der Waals surface area contributed by atoms with Crippen LogP contribution in [0.1, 0.15) is 38.5 Å². The lowest BCUT2D eigenvalue weighted by atomic mass is 10.1. The number of guanidine groups is 1. The molecule has 3 unspecified atom stereocenters. The fourth-order valence-corrected chi connectivity index (χ4v) is 4.93. The van der Waals surface area contributed by atoms with Crippen molar-refractivity contribution in [2.45, 2.75) is 56.7 Å². The van der Waals surface area contributed by atoms with Crippen molar-refractivity contribution >= 4 is 53.3 Å². The van der Waals surface area contributed by atoms with E-state index >= 15 is 0 Å². The first-order valence-corrected chi connectivity index (χ1v) is 14.8. The number of rotatable bonds is 17. The van der Waals surface area contributed by atoms with Crippen molar-refractivity contribution in [3.63, 3.8) is 0 Å². The summed E-state index contributed by atoms with van der Waals surface area (Å²) >= 11 is 0. The Morgan fingerprint density at radius 1 is 0.761 bits per heavy atom. The van der Waals surface area contributed by atoms with E-state index in [2.05, 4.69) is 31.6 Å². The minimum absolute atomic E-state index is 0.126. The van der Waals surface area contributed by atoms with Crippen LogP contribution < -0.4 is 43.8 Å². The zero-order valence-electron chi connectivity index (χ0n) is 25.4. The molecule has 2 fully saturated rings. The van der Waals surface area contributed by atoms with Crippen molar-refractivity contribution in [1.82, 2.24) is 36.4 Å². The minimum atomic E-state index is -1.14. The van der Waals surface area contributed by atoms with Crippen LogP contribution in [0.15, 0.2) is 4.99 Å². The number of carbonyl (C=O) groups excluding carboxylic acids is 7. The molecular formula is C26H43N11O9. The van der Waals surface area contributed by atoms with E-state index in [0.29, 0.717) is 32.1 Å². The quantitative estimate of drug-likeness (QED) is 0.0402. The Kier molecular flexibility index (Phi) is 15.1. The summed E-state index contributed by atoms with van der Waals surface area (Å²) in [6, 6.07) is -3.00. The summed E-state index contributed by atoms with van der Waals surface area (Å²) in [7, 11) is 0. The molecule has 2 rings (SSSR count). The normalized spacial score (nSPS) is 17.8. The Balaban J connectivity index is 1.88. The van der Waals surface area contributed by atoms with Crippen LogP contribution in [0.4, 0.5) is 0 Å². The highest BCUT2D eigenvalue weighted by atomic mass is 16.4. The van der Waals surface area contributed by atoms with Gasteiger partial charge in [-0.1, -0.05) is 0 Å². The van der Waals surface area contributed by atoms with Crippen molar-refractivity contribution in [3.8, 4) is 0 Å². The maximum Gasteiger partial charge on any atom is 0.326 e. The average molecular weight is 654 g/mol. The molecule has 2 heterocycles. The van der Waals surface area contributed by atoms with Gasteiger partial charge in [0.05, 0.1) is 32.7 Å². The summed E-state index contributed by atoms with van der Waals surface area (Å²) < 4.78 is 0. The number of carbonyl (C=O) groups is 8. The van der Waals surface area contributed by atoms with Gasteiger partial charge in [-0.2, -0.15) is 0 Å². The van der Waals surface area contributed by atoms with Crippen LogP contribution in [-0.2, 0) is 38.4 Å². The van der Waals surface area contributed by atoms with Crippen LogP contribution in [0.2, 0.25) is 0 Å². The first-order chi connectivity index (χ1) is 21.8. The molecular weight excluding hydrogens is 610 g/mol. The molecule has 2 aliphatic rings. The van der Waals surface area contributed by atoms with Crippen molar-refractivity contribution in [2.75, 3.05) is 52.4 Å². The number of likely N-dealkylation sites (tertiary alicyclic amines) is 2. The maximum atomic E-state index is 13.3. The van der Waals surface area contributed by atoms with E-state index in [1.54, 1.807) is 0 Å². The van der Waals surface area contributed by atoms with E-state index in [-0.39, 0.29) is 45.1 Å². The molecule has 0 aromatic heterocycles. The first kappa shape index (κ1) is 37.2. The van der Waals surface area contributed by atoms with Gasteiger partial charge in [0.25, 0.3) is 0 Å². The van der Waals surface area contributed by atoms with E-state index in [4.69, 9.17) is 17.2 Å². The lowest BCUT2D eigenvalue weighted by Crippen LogP contribution is -2.56. The second-order valence-corrected chi connectivity index (χ2v) is 10.6. The highest BCUT2D eigenvalue weighted by Gasteiger charge is 2.40. The number of amides is 7. The highest BCUT2D eigenvalue weighted by Crippen LogP contribution is 2.21. The molecule has 12 N–H and O–H groups in total. The number of aliphatic imine (C=N–C) groups is 1. The van der Waals surface area contributed by atoms with Crippen LogP contribution in [0.25, 0.3) is 0 Å². The third kappa shape index (κ3) is 12.2. The molecule has 7 amide bonds. The second kappa shape index (κ2) is 18.7. The third-order valence-electron chi connectivity index (χ3n) is 7.22. The van der Waals surface area contributed by atoms with Crippen molar-refractivity contribution in [3.05, 3.63) is 0 Å². The van der Waals surface area contributed by atoms with Crippen LogP contribution in [0.5, 0.6) is 0 Å². The molecule has 256 valence electrons. The molecule has 46 heavy (non-hydrogen) atoms. The molecule has 20 heteroatoms. The van der Waals surface area contributed by atoms with Gasteiger partial charge in [0.2, 0.25) is 41.4 Å². The van der Waals surface area contributed by atoms with Gasteiger partial charge in [-0.15, -0.1) is 0 Å². The Morgan fingerprint density at radius 2 is 1.28 bits per heavy atom. The monoisotopic (exact) mass is 653 g/mol. The summed E-state index contributed by atoms with van der Waals surface area (Å²) in [5.74, 6) is -5.56. The Morgan fingerprint density at radius 3 is 1.83 bits per heavy atom. The Labute approximate surface area is 264 Å². The largest absolute Gasteiger partial charge is 0.480 e. The van der Waals surface area contributed by atoms with E-state index in [9.17, 15) is 43.5 Å². The molecule has 3 atom stereocenters. The standard InChI is InChI=1S/C26H43N11O9/c27-10-18(38)31-11-19(39)32-12-20(40)33-13-21(41)34-14-22(42)36-8-2-5-16(36)23(43)35-15(4-1-7-30-26(28)29)24(44)37-9-3-6-17(37)25(45)46/h15-17H,1-14,27H2,(H,31,38)(H,32,39)(H,33,40)(H,34,41)(H,35,43)(H,45,46)(H4,28,29,30). The van der Waals surface area contributed by atoms with Crippen LogP contribution in [0.3, 0.4) is 0 Å². The lowest BCUT2D eigenvalue weighted by molar-refractivity contribution is -0.149. The zero-order valence-corrected chi connectivity index (χ0v) is 25.4. The van der Waals surface area contributed by atoms with E-state index in [1.165, 1.54) is 9.80 Å². The summed E-state index contributed by atoms with van der Waals surface area (Å²) in [5, 5.41) is 21.3. The average Bonchev–Trinajstić information content (AvgIpc) is 3.72. The van der Waals surface area contributed by atoms with Crippen molar-refractivity contribution in [2.24, 2.45) is 22.2 Å². The van der Waals surface area contributed by atoms with Gasteiger partial charge in [0.1, 0.15) is 18.1 Å². The molecule has 0 saturated carbocycles. The van der Waals surface area contributed by atoms with E-state index < -0.39 is 85.1 Å². The topological polar surface area (TPSA) is 314 Å². The third-order valence-corrected chi connectivity index (χ3v) is 7.22. The molecule has 0 bridgehead atoms. The summed E-state index contributed by atoms with van der Waals surface area (Å²) in [4.78, 5) is 104. The molecule has 2 saturated heterocycles. The SMILES string of the molecule is NCC(=O)NCC(=O)NCC(=O)NCC(=O)NCC(=O)N1CCCC1C(=O)NC(CCCN=C(N)N)C(=O)N1CCCC1C(=O)O. The first-order valence-electron chi connectivity index (χ1n) is 14.8. The van der Waals surface area contributed by atoms with Crippen molar-refractivity contribution in [1.29, 1.82) is 0 Å². The fraction of sp³-hybridized carbons (Fsp3) is 0.654. The molecule has 0 aromatic carbocycles. The number of carboxylic acid groups (broad SMARTS) is 1. The number of hydrogen-bond acceptors (Lipinski definition) is 10. The summed E-state index contributed by atoms with van der Waals surface area (Å²) in [6.07, 6.45) is 2.04. The van der Waals surface area contributed by atoms with Gasteiger partial charge in [-0.05, 0) is 38.5 Å². The minimum Gasteiger partial charge on any atom is -0.480 e. The van der Waals surface area contributed by atoms with Crippen LogP contribution in [0, 0.1) is 0 Å². The number of carboxylic acids is 1. The highest BCUT2D eigenvalue weighted by molar-refractivity contribution is 5.95. The van der Waals surface area contributed by atoms with Gasteiger partial charge in [-0.3, -0.25) is 38.6 Å². The predicted molar refractivity (Wildman–Crippen MR) is 160 cm³/mol. The van der Waals surface area contributed by atoms with E-state index in [0.717, 1.165) is 0 Å². The number of hydrogen-bond donors (Lipinski definition) is 9. The van der Waals surface area contributed by atoms with E-state index in [1.807, 2.05) is 0 Å². The molecule has 0 spiro atoms. The smallest absolute Gasteiger partial charge is 0.326 e. The zero-order chi connectivity index (χ0) is 34.2. The number of nitrogens with zero attached hydrogens (tertiary/aromatic N) is 3. The fourth-order valence-electron chi connectivity index (χ4n) is 4.93. The molecule has 0 aliphatic carbocycles. The van der Waals surface area contributed by atoms with Gasteiger partial charge in [0, 0.05) is 19.6 Å². The van der Waals surface area contributed by atoms with Crippen LogP contribution >= 0.6 is 0 Å². The van der Waals surface area contributed by atoms with Gasteiger partial charge >= 0.3 is 5.97 Å². The maximum absolute atomic E-state index is 13.3. The molecule has 0 aromatic rings. The Hall–Kier alpha value is -5.01. The summed E-state index contributed by atoms with van der Waals surface area (Å²) in [5.41, 5.74) is 15.8. The van der Waals surface area contributed by atoms with Crippen molar-refractivity contribution < 1.29 is 43.5 Å². The number of nitrogens with one attached hydrogen (secondary N) is 5. The van der Waals surface area contributed by atoms with Gasteiger partial charge < -0.3 is 58.7 Å².